The van der Waals surface area contributed by atoms with Gasteiger partial charge in [0.05, 0.1) is 0 Å². The molecule has 0 spiro atoms. The summed E-state index contributed by atoms with van der Waals surface area (Å²) in [6.07, 6.45) is -0.264. The second-order valence-electron chi connectivity index (χ2n) is 3.99. The molecule has 0 radical (unpaired) electrons. The van der Waals surface area contributed by atoms with Gasteiger partial charge in [0.25, 0.3) is 0 Å². The number of aliphatic hydroxyl groups excluding tert-OH is 1. The maximum atomic E-state index is 10.7. The molecule has 1 rings (SSSR count). The van der Waals surface area contributed by atoms with Gasteiger partial charge in [0, 0.05) is 6.54 Å². The van der Waals surface area contributed by atoms with Crippen LogP contribution in [-0.2, 0) is 4.79 Å². The summed E-state index contributed by atoms with van der Waals surface area (Å²) in [6, 6.07) is 8.54. The van der Waals surface area contributed by atoms with Crippen molar-refractivity contribution in [3.05, 3.63) is 30.3 Å². The summed E-state index contributed by atoms with van der Waals surface area (Å²) in [4.78, 5) is 10.7. The van der Waals surface area contributed by atoms with Crippen LogP contribution >= 0.6 is 0 Å². The van der Waals surface area contributed by atoms with Crippen molar-refractivity contribution < 1.29 is 19.7 Å². The maximum absolute atomic E-state index is 10.7. The summed E-state index contributed by atoms with van der Waals surface area (Å²) in [7, 11) is 0. The molecular formula is C13H19NO4. The van der Waals surface area contributed by atoms with Crippen molar-refractivity contribution in [2.45, 2.75) is 25.5 Å². The molecule has 0 aliphatic rings. The molecule has 0 saturated heterocycles. The smallest absolute Gasteiger partial charge is 0.320 e. The molecule has 18 heavy (non-hydrogen) atoms. The third-order valence-electron chi connectivity index (χ3n) is 2.49. The van der Waals surface area contributed by atoms with Gasteiger partial charge in [-0.15, -0.1) is 0 Å². The summed E-state index contributed by atoms with van der Waals surface area (Å²) < 4.78 is 5.36. The lowest BCUT2D eigenvalue weighted by Gasteiger charge is -2.16. The third kappa shape index (κ3) is 5.16. The lowest BCUT2D eigenvalue weighted by molar-refractivity contribution is -0.139. The van der Waals surface area contributed by atoms with Crippen LogP contribution in [0.25, 0.3) is 0 Å². The van der Waals surface area contributed by atoms with Gasteiger partial charge in [0.2, 0.25) is 0 Å². The topological polar surface area (TPSA) is 78.8 Å². The van der Waals surface area contributed by atoms with Crippen LogP contribution in [-0.4, -0.2) is 41.5 Å². The molecule has 0 aliphatic heterocycles. The lowest BCUT2D eigenvalue weighted by Crippen LogP contribution is -2.42. The van der Waals surface area contributed by atoms with Gasteiger partial charge in [-0.1, -0.05) is 25.1 Å². The number of hydrogen-bond acceptors (Lipinski definition) is 4. The monoisotopic (exact) mass is 253 g/mol. The van der Waals surface area contributed by atoms with E-state index >= 15 is 0 Å². The van der Waals surface area contributed by atoms with Crippen molar-refractivity contribution in [1.82, 2.24) is 5.32 Å². The second-order valence-corrected chi connectivity index (χ2v) is 3.99. The number of rotatable bonds is 8. The zero-order valence-electron chi connectivity index (χ0n) is 10.4. The molecule has 0 amide bonds. The van der Waals surface area contributed by atoms with E-state index in [4.69, 9.17) is 9.84 Å². The van der Waals surface area contributed by atoms with Gasteiger partial charge >= 0.3 is 5.97 Å². The molecule has 100 valence electrons. The van der Waals surface area contributed by atoms with Crippen LogP contribution in [0.4, 0.5) is 0 Å². The fourth-order valence-electron chi connectivity index (χ4n) is 1.45. The molecule has 0 saturated carbocycles. The van der Waals surface area contributed by atoms with Crippen LogP contribution in [0.1, 0.15) is 13.3 Å². The molecule has 5 heteroatoms. The standard InChI is InChI=1S/C13H19NO4/c1-2-12(13(16)17)14-8-10(15)9-18-11-6-4-3-5-7-11/h3-7,10,12,14-15H,2,8-9H2,1H3,(H,16,17)/t10-,12+/m0/s1. The van der Waals surface area contributed by atoms with Crippen LogP contribution in [0.15, 0.2) is 30.3 Å². The Hall–Kier alpha value is -1.59. The van der Waals surface area contributed by atoms with Crippen molar-refractivity contribution in [2.24, 2.45) is 0 Å². The summed E-state index contributed by atoms with van der Waals surface area (Å²) in [6.45, 7) is 2.10. The number of carbonyl (C=O) groups is 1. The van der Waals surface area contributed by atoms with E-state index in [1.54, 1.807) is 19.1 Å². The van der Waals surface area contributed by atoms with Crippen LogP contribution in [0, 0.1) is 0 Å². The minimum Gasteiger partial charge on any atom is -0.491 e. The van der Waals surface area contributed by atoms with Gasteiger partial charge in [0.15, 0.2) is 0 Å². The number of benzene rings is 1. The van der Waals surface area contributed by atoms with Crippen molar-refractivity contribution in [2.75, 3.05) is 13.2 Å². The van der Waals surface area contributed by atoms with E-state index in [0.717, 1.165) is 0 Å². The first-order chi connectivity index (χ1) is 8.63. The first-order valence-electron chi connectivity index (χ1n) is 5.95. The van der Waals surface area contributed by atoms with Crippen LogP contribution in [0.3, 0.4) is 0 Å². The molecular weight excluding hydrogens is 234 g/mol. The molecule has 0 unspecified atom stereocenters. The Labute approximate surface area is 106 Å². The average Bonchev–Trinajstić information content (AvgIpc) is 2.38. The number of aliphatic carboxylic acids is 1. The first kappa shape index (κ1) is 14.5. The Bertz CT molecular complexity index is 355. The van der Waals surface area contributed by atoms with Gasteiger partial charge < -0.3 is 20.3 Å². The van der Waals surface area contributed by atoms with Gasteiger partial charge in [-0.05, 0) is 18.6 Å². The van der Waals surface area contributed by atoms with Crippen LogP contribution in [0.2, 0.25) is 0 Å². The Morgan fingerprint density at radius 1 is 1.39 bits per heavy atom. The lowest BCUT2D eigenvalue weighted by atomic mass is 10.2. The predicted octanol–water partition coefficient (Wildman–Crippen LogP) is 0.879. The fraction of sp³-hybridized carbons (Fsp3) is 0.462. The minimum absolute atomic E-state index is 0.132. The number of para-hydroxylation sites is 1. The number of aliphatic hydroxyl groups is 1. The molecule has 2 atom stereocenters. The average molecular weight is 253 g/mol. The third-order valence-corrected chi connectivity index (χ3v) is 2.49. The molecule has 1 aromatic rings. The molecule has 3 N–H and O–H groups in total. The van der Waals surface area contributed by atoms with Gasteiger partial charge in [-0.2, -0.15) is 0 Å². The minimum atomic E-state index is -0.909. The van der Waals surface area contributed by atoms with Crippen molar-refractivity contribution in [3.8, 4) is 5.75 Å². The Balaban J connectivity index is 2.25. The number of carboxylic acids is 1. The van der Waals surface area contributed by atoms with E-state index in [0.29, 0.717) is 12.2 Å². The molecule has 0 aliphatic carbocycles. The molecule has 0 heterocycles. The van der Waals surface area contributed by atoms with E-state index in [9.17, 15) is 9.90 Å². The highest BCUT2D eigenvalue weighted by Crippen LogP contribution is 2.08. The van der Waals surface area contributed by atoms with E-state index in [1.807, 2.05) is 18.2 Å². The van der Waals surface area contributed by atoms with E-state index in [-0.39, 0.29) is 13.2 Å². The maximum Gasteiger partial charge on any atom is 0.320 e. The van der Waals surface area contributed by atoms with Gasteiger partial charge in [0.1, 0.15) is 24.5 Å². The summed E-state index contributed by atoms with van der Waals surface area (Å²) in [5.74, 6) is -0.226. The number of nitrogens with one attached hydrogen (secondary N) is 1. The number of carboxylic acid groups (broad SMARTS) is 1. The van der Waals surface area contributed by atoms with Crippen molar-refractivity contribution in [3.63, 3.8) is 0 Å². The van der Waals surface area contributed by atoms with E-state index < -0.39 is 18.1 Å². The second kappa shape index (κ2) is 7.68. The molecule has 0 aromatic heterocycles. The summed E-state index contributed by atoms with van der Waals surface area (Å²) >= 11 is 0. The summed E-state index contributed by atoms with van der Waals surface area (Å²) in [5, 5.41) is 21.3. The highest BCUT2D eigenvalue weighted by atomic mass is 16.5. The number of ether oxygens (including phenoxy) is 1. The van der Waals surface area contributed by atoms with Gasteiger partial charge in [-0.25, -0.2) is 0 Å². The fourth-order valence-corrected chi connectivity index (χ4v) is 1.45. The molecule has 1 aromatic carbocycles. The Kier molecular flexibility index (Phi) is 6.18. The highest BCUT2D eigenvalue weighted by molar-refractivity contribution is 5.73. The number of hydrogen-bond donors (Lipinski definition) is 3. The summed E-state index contributed by atoms with van der Waals surface area (Å²) in [5.41, 5.74) is 0. The predicted molar refractivity (Wildman–Crippen MR) is 67.7 cm³/mol. The normalized spacial score (nSPS) is 13.9. The van der Waals surface area contributed by atoms with Crippen LogP contribution < -0.4 is 10.1 Å². The zero-order chi connectivity index (χ0) is 13.4. The van der Waals surface area contributed by atoms with Crippen molar-refractivity contribution >= 4 is 5.97 Å². The Morgan fingerprint density at radius 3 is 2.61 bits per heavy atom. The highest BCUT2D eigenvalue weighted by Gasteiger charge is 2.15. The zero-order valence-corrected chi connectivity index (χ0v) is 10.4. The van der Waals surface area contributed by atoms with E-state index in [2.05, 4.69) is 5.32 Å². The Morgan fingerprint density at radius 2 is 2.06 bits per heavy atom. The van der Waals surface area contributed by atoms with Gasteiger partial charge in [-0.3, -0.25) is 4.79 Å². The van der Waals surface area contributed by atoms with E-state index in [1.165, 1.54) is 0 Å². The van der Waals surface area contributed by atoms with Crippen molar-refractivity contribution in [1.29, 1.82) is 0 Å². The largest absolute Gasteiger partial charge is 0.491 e. The molecule has 0 fully saturated rings. The quantitative estimate of drug-likeness (QED) is 0.641. The first-order valence-corrected chi connectivity index (χ1v) is 5.95. The SMILES string of the molecule is CC[C@@H](NC[C@H](O)COc1ccccc1)C(=O)O. The molecule has 0 bridgehead atoms. The van der Waals surface area contributed by atoms with Crippen LogP contribution in [0.5, 0.6) is 5.75 Å². The molecule has 5 nitrogen and oxygen atoms in total.